The summed E-state index contributed by atoms with van der Waals surface area (Å²) in [5.74, 6) is 1.42. The summed E-state index contributed by atoms with van der Waals surface area (Å²) in [4.78, 5) is 17.5. The second kappa shape index (κ2) is 6.07. The second-order valence-electron chi connectivity index (χ2n) is 5.61. The Labute approximate surface area is 147 Å². The Morgan fingerprint density at radius 2 is 1.92 bits per heavy atom. The fraction of sp³-hybridized carbons (Fsp3) is 0.0526. The fourth-order valence-corrected chi connectivity index (χ4v) is 3.40. The van der Waals surface area contributed by atoms with Crippen molar-refractivity contribution in [2.24, 2.45) is 0 Å². The van der Waals surface area contributed by atoms with Gasteiger partial charge < -0.3 is 10.5 Å². The maximum Gasteiger partial charge on any atom is 0.298 e. The van der Waals surface area contributed by atoms with Crippen molar-refractivity contribution >= 4 is 27.5 Å². The third-order valence-corrected chi connectivity index (χ3v) is 4.71. The van der Waals surface area contributed by atoms with Gasteiger partial charge in [0.2, 0.25) is 0 Å². The standard InChI is InChI=1S/C19H15N3O2S/c1-12-7-8-13(11-16(12)24-14-5-3-2-4-6-14)22-15-9-10-25-18(15)21-17(20)19(22)23/h2-11H,1H3,(H2,20,21). The number of rotatable bonds is 3. The summed E-state index contributed by atoms with van der Waals surface area (Å²) in [5.41, 5.74) is 7.88. The van der Waals surface area contributed by atoms with Crippen molar-refractivity contribution in [3.8, 4) is 17.2 Å². The molecule has 0 amide bonds. The summed E-state index contributed by atoms with van der Waals surface area (Å²) in [5, 5.41) is 1.89. The van der Waals surface area contributed by atoms with Gasteiger partial charge in [-0.05, 0) is 42.1 Å². The molecule has 4 aromatic rings. The zero-order valence-corrected chi connectivity index (χ0v) is 14.3. The van der Waals surface area contributed by atoms with E-state index in [-0.39, 0.29) is 11.4 Å². The Morgan fingerprint density at radius 3 is 2.72 bits per heavy atom. The zero-order valence-electron chi connectivity index (χ0n) is 13.5. The van der Waals surface area contributed by atoms with E-state index in [4.69, 9.17) is 10.5 Å². The minimum Gasteiger partial charge on any atom is -0.457 e. The number of aromatic nitrogens is 2. The number of ether oxygens (including phenoxy) is 1. The molecule has 2 aromatic heterocycles. The summed E-state index contributed by atoms with van der Waals surface area (Å²) >= 11 is 1.45. The number of benzene rings is 2. The molecule has 0 atom stereocenters. The van der Waals surface area contributed by atoms with Crippen LogP contribution >= 0.6 is 11.3 Å². The molecular weight excluding hydrogens is 334 g/mol. The number of nitrogens with zero attached hydrogens (tertiary/aromatic N) is 2. The molecule has 0 aliphatic carbocycles. The summed E-state index contributed by atoms with van der Waals surface area (Å²) in [6.45, 7) is 1.96. The van der Waals surface area contributed by atoms with Gasteiger partial charge in [0.05, 0.1) is 11.2 Å². The molecule has 2 heterocycles. The molecule has 2 N–H and O–H groups in total. The van der Waals surface area contributed by atoms with Crippen LogP contribution in [0.25, 0.3) is 16.0 Å². The third kappa shape index (κ3) is 2.77. The normalized spacial score (nSPS) is 10.9. The smallest absolute Gasteiger partial charge is 0.298 e. The van der Waals surface area contributed by atoms with Crippen LogP contribution in [0.4, 0.5) is 5.82 Å². The Balaban J connectivity index is 1.88. The first-order valence-electron chi connectivity index (χ1n) is 7.73. The Kier molecular flexibility index (Phi) is 3.74. The van der Waals surface area contributed by atoms with E-state index in [1.807, 2.05) is 66.9 Å². The first-order chi connectivity index (χ1) is 12.1. The molecule has 0 unspecified atom stereocenters. The SMILES string of the molecule is Cc1ccc(-n2c(=O)c(N)nc3sccc32)cc1Oc1ccccc1. The second-order valence-corrected chi connectivity index (χ2v) is 6.51. The maximum absolute atomic E-state index is 12.6. The highest BCUT2D eigenvalue weighted by Gasteiger charge is 2.13. The molecule has 0 fully saturated rings. The van der Waals surface area contributed by atoms with E-state index < -0.39 is 0 Å². The summed E-state index contributed by atoms with van der Waals surface area (Å²) in [6, 6.07) is 17.1. The Morgan fingerprint density at radius 1 is 1.12 bits per heavy atom. The van der Waals surface area contributed by atoms with Crippen molar-refractivity contribution < 1.29 is 4.74 Å². The fourth-order valence-electron chi connectivity index (χ4n) is 2.64. The number of hydrogen-bond donors (Lipinski definition) is 1. The quantitative estimate of drug-likeness (QED) is 0.604. The van der Waals surface area contributed by atoms with Crippen LogP contribution in [0.15, 0.2) is 64.8 Å². The van der Waals surface area contributed by atoms with Crippen LogP contribution in [0, 0.1) is 6.92 Å². The molecule has 4 rings (SSSR count). The average molecular weight is 349 g/mol. The predicted molar refractivity (Wildman–Crippen MR) is 101 cm³/mol. The average Bonchev–Trinajstić information content (AvgIpc) is 3.07. The molecule has 0 aliphatic rings. The van der Waals surface area contributed by atoms with Crippen LogP contribution in [0.1, 0.15) is 5.56 Å². The molecule has 0 bridgehead atoms. The molecule has 5 nitrogen and oxygen atoms in total. The molecule has 6 heteroatoms. The summed E-state index contributed by atoms with van der Waals surface area (Å²) < 4.78 is 7.55. The van der Waals surface area contributed by atoms with Crippen molar-refractivity contribution in [1.29, 1.82) is 0 Å². The van der Waals surface area contributed by atoms with Crippen molar-refractivity contribution in [3.63, 3.8) is 0 Å². The van der Waals surface area contributed by atoms with Gasteiger partial charge >= 0.3 is 0 Å². The van der Waals surface area contributed by atoms with Gasteiger partial charge in [-0.25, -0.2) is 4.98 Å². The topological polar surface area (TPSA) is 70.1 Å². The molecule has 2 aromatic carbocycles. The monoisotopic (exact) mass is 349 g/mol. The number of nitrogens with two attached hydrogens (primary N) is 1. The molecule has 0 saturated carbocycles. The molecule has 0 aliphatic heterocycles. The summed E-state index contributed by atoms with van der Waals surface area (Å²) in [6.07, 6.45) is 0. The highest BCUT2D eigenvalue weighted by atomic mass is 32.1. The van der Waals surface area contributed by atoms with E-state index >= 15 is 0 Å². The zero-order chi connectivity index (χ0) is 17.4. The lowest BCUT2D eigenvalue weighted by Gasteiger charge is -2.13. The Hall–Kier alpha value is -3.12. The molecule has 0 spiro atoms. The van der Waals surface area contributed by atoms with E-state index in [1.165, 1.54) is 11.3 Å². The molecule has 124 valence electrons. The van der Waals surface area contributed by atoms with E-state index in [1.54, 1.807) is 4.57 Å². The van der Waals surface area contributed by atoms with Gasteiger partial charge in [-0.15, -0.1) is 11.3 Å². The van der Waals surface area contributed by atoms with Gasteiger partial charge in [0.25, 0.3) is 5.56 Å². The number of hydrogen-bond acceptors (Lipinski definition) is 5. The van der Waals surface area contributed by atoms with Crippen molar-refractivity contribution in [2.75, 3.05) is 5.73 Å². The Bertz CT molecular complexity index is 1120. The van der Waals surface area contributed by atoms with Crippen LogP contribution in [0.2, 0.25) is 0 Å². The molecule has 0 saturated heterocycles. The van der Waals surface area contributed by atoms with E-state index in [2.05, 4.69) is 4.98 Å². The number of para-hydroxylation sites is 1. The maximum atomic E-state index is 12.6. The van der Waals surface area contributed by atoms with Crippen molar-refractivity contribution in [1.82, 2.24) is 9.55 Å². The molecular formula is C19H15N3O2S. The van der Waals surface area contributed by atoms with Gasteiger partial charge in [-0.1, -0.05) is 24.3 Å². The van der Waals surface area contributed by atoms with Crippen LogP contribution in [0.3, 0.4) is 0 Å². The lowest BCUT2D eigenvalue weighted by molar-refractivity contribution is 0.478. The highest BCUT2D eigenvalue weighted by molar-refractivity contribution is 7.16. The van der Waals surface area contributed by atoms with Gasteiger partial charge in [-0.2, -0.15) is 0 Å². The number of fused-ring (bicyclic) bond motifs is 1. The number of thiophene rings is 1. The van der Waals surface area contributed by atoms with Crippen LogP contribution < -0.4 is 16.0 Å². The first kappa shape index (κ1) is 15.4. The van der Waals surface area contributed by atoms with E-state index in [0.29, 0.717) is 11.4 Å². The molecule has 25 heavy (non-hydrogen) atoms. The van der Waals surface area contributed by atoms with Gasteiger partial charge in [0.1, 0.15) is 16.3 Å². The van der Waals surface area contributed by atoms with E-state index in [9.17, 15) is 4.79 Å². The third-order valence-electron chi connectivity index (χ3n) is 3.91. The van der Waals surface area contributed by atoms with Crippen molar-refractivity contribution in [3.05, 3.63) is 75.9 Å². The van der Waals surface area contributed by atoms with Gasteiger partial charge in [0.15, 0.2) is 5.82 Å². The predicted octanol–water partition coefficient (Wildman–Crippen LogP) is 4.13. The van der Waals surface area contributed by atoms with Crippen LogP contribution in [-0.4, -0.2) is 9.55 Å². The largest absolute Gasteiger partial charge is 0.457 e. The number of anilines is 1. The minimum absolute atomic E-state index is 0.0129. The van der Waals surface area contributed by atoms with Crippen LogP contribution in [0.5, 0.6) is 11.5 Å². The first-order valence-corrected chi connectivity index (χ1v) is 8.61. The van der Waals surface area contributed by atoms with Gasteiger partial charge in [-0.3, -0.25) is 9.36 Å². The van der Waals surface area contributed by atoms with E-state index in [0.717, 1.165) is 21.7 Å². The lowest BCUT2D eigenvalue weighted by atomic mass is 10.2. The lowest BCUT2D eigenvalue weighted by Crippen LogP contribution is -2.22. The number of nitrogen functional groups attached to an aromatic ring is 1. The van der Waals surface area contributed by atoms with Crippen molar-refractivity contribution in [2.45, 2.75) is 6.92 Å². The summed E-state index contributed by atoms with van der Waals surface area (Å²) in [7, 11) is 0. The number of aryl methyl sites for hydroxylation is 1. The molecule has 0 radical (unpaired) electrons. The van der Waals surface area contributed by atoms with Crippen LogP contribution in [-0.2, 0) is 0 Å². The highest BCUT2D eigenvalue weighted by Crippen LogP contribution is 2.28. The van der Waals surface area contributed by atoms with Gasteiger partial charge in [0, 0.05) is 6.07 Å². The minimum atomic E-state index is -0.333.